The molecule has 1 saturated heterocycles. The second-order valence-electron chi connectivity index (χ2n) is 4.88. The summed E-state index contributed by atoms with van der Waals surface area (Å²) in [5.41, 5.74) is 0. The molecule has 0 aromatic rings. The van der Waals surface area contributed by atoms with E-state index in [-0.39, 0.29) is 6.10 Å². The Morgan fingerprint density at radius 2 is 2.12 bits per heavy atom. The number of hydrogen-bond donors (Lipinski definition) is 1. The van der Waals surface area contributed by atoms with Crippen LogP contribution in [0.25, 0.3) is 0 Å². The zero-order valence-electron chi connectivity index (χ0n) is 10.0. The maximum absolute atomic E-state index is 9.50. The van der Waals surface area contributed by atoms with Crippen molar-refractivity contribution >= 4 is 0 Å². The van der Waals surface area contributed by atoms with Crippen LogP contribution >= 0.6 is 0 Å². The summed E-state index contributed by atoms with van der Waals surface area (Å²) in [6.45, 7) is 3.53. The topological polar surface area (TPSA) is 38.7 Å². The summed E-state index contributed by atoms with van der Waals surface area (Å²) >= 11 is 0. The predicted molar refractivity (Wildman–Crippen MR) is 62.0 cm³/mol. The maximum atomic E-state index is 9.50. The van der Waals surface area contributed by atoms with Gasteiger partial charge in [0, 0.05) is 19.3 Å². The van der Waals surface area contributed by atoms with Crippen LogP contribution in [0.3, 0.4) is 0 Å². The molecule has 92 valence electrons. The van der Waals surface area contributed by atoms with Crippen molar-refractivity contribution in [2.45, 2.75) is 51.2 Å². The predicted octanol–water partition coefficient (Wildman–Crippen LogP) is 2.25. The van der Waals surface area contributed by atoms with Crippen molar-refractivity contribution < 1.29 is 14.6 Å². The Balaban J connectivity index is 1.78. The van der Waals surface area contributed by atoms with Crippen LogP contribution in [-0.2, 0) is 9.47 Å². The molecule has 0 aromatic carbocycles. The molecule has 0 amide bonds. The molecule has 1 N–H and O–H groups in total. The minimum atomic E-state index is -0.194. The van der Waals surface area contributed by atoms with Gasteiger partial charge in [0.15, 0.2) is 0 Å². The van der Waals surface area contributed by atoms with Crippen LogP contribution in [0, 0.1) is 5.92 Å². The van der Waals surface area contributed by atoms with E-state index in [0.717, 1.165) is 51.1 Å². The molecule has 1 fully saturated rings. The third kappa shape index (κ3) is 3.22. The molecule has 1 aliphatic carbocycles. The molecule has 3 nitrogen and oxygen atoms in total. The third-order valence-corrected chi connectivity index (χ3v) is 3.58. The molecule has 3 heteroatoms. The van der Waals surface area contributed by atoms with Gasteiger partial charge in [0.2, 0.25) is 0 Å². The maximum Gasteiger partial charge on any atom is 0.103 e. The van der Waals surface area contributed by atoms with Crippen molar-refractivity contribution in [3.8, 4) is 0 Å². The van der Waals surface area contributed by atoms with Crippen molar-refractivity contribution in [1.29, 1.82) is 0 Å². The number of hydrogen-bond acceptors (Lipinski definition) is 3. The van der Waals surface area contributed by atoms with Crippen molar-refractivity contribution in [2.75, 3.05) is 13.2 Å². The Hall–Kier alpha value is -0.540. The zero-order chi connectivity index (χ0) is 11.4. The van der Waals surface area contributed by atoms with Crippen LogP contribution in [0.2, 0.25) is 0 Å². The van der Waals surface area contributed by atoms with E-state index in [1.807, 2.05) is 6.92 Å². The average molecular weight is 226 g/mol. The molecule has 1 heterocycles. The Labute approximate surface area is 97.4 Å². The summed E-state index contributed by atoms with van der Waals surface area (Å²) in [6.07, 6.45) is 7.32. The van der Waals surface area contributed by atoms with Crippen LogP contribution in [-0.4, -0.2) is 30.5 Å². The van der Waals surface area contributed by atoms with E-state index in [1.165, 1.54) is 0 Å². The van der Waals surface area contributed by atoms with Crippen LogP contribution in [0.5, 0.6) is 0 Å². The van der Waals surface area contributed by atoms with Gasteiger partial charge in [-0.3, -0.25) is 0 Å². The molecule has 1 aliphatic heterocycles. The van der Waals surface area contributed by atoms with Gasteiger partial charge in [-0.15, -0.1) is 0 Å². The second-order valence-corrected chi connectivity index (χ2v) is 4.88. The van der Waals surface area contributed by atoms with Gasteiger partial charge in [0.1, 0.15) is 6.10 Å². The van der Waals surface area contributed by atoms with E-state index in [2.05, 4.69) is 6.08 Å². The minimum Gasteiger partial charge on any atom is -0.495 e. The summed E-state index contributed by atoms with van der Waals surface area (Å²) in [7, 11) is 0. The number of allylic oxidation sites excluding steroid dienone is 2. The number of aliphatic hydroxyl groups is 1. The van der Waals surface area contributed by atoms with E-state index in [9.17, 15) is 5.11 Å². The monoisotopic (exact) mass is 226 g/mol. The first kappa shape index (κ1) is 11.9. The fourth-order valence-corrected chi connectivity index (χ4v) is 2.38. The fourth-order valence-electron chi connectivity index (χ4n) is 2.38. The zero-order valence-corrected chi connectivity index (χ0v) is 10.0. The van der Waals surface area contributed by atoms with E-state index < -0.39 is 0 Å². The quantitative estimate of drug-likeness (QED) is 0.802. The summed E-state index contributed by atoms with van der Waals surface area (Å²) in [6, 6.07) is 0. The largest absolute Gasteiger partial charge is 0.495 e. The molecule has 2 aliphatic rings. The minimum absolute atomic E-state index is 0.194. The normalized spacial score (nSPS) is 29.6. The van der Waals surface area contributed by atoms with Gasteiger partial charge < -0.3 is 14.6 Å². The average Bonchev–Trinajstić information content (AvgIpc) is 2.31. The van der Waals surface area contributed by atoms with E-state index in [1.54, 1.807) is 0 Å². The highest BCUT2D eigenvalue weighted by Gasteiger charge is 2.22. The van der Waals surface area contributed by atoms with Gasteiger partial charge in [-0.1, -0.05) is 0 Å². The molecular formula is C13H22O3. The van der Waals surface area contributed by atoms with E-state index in [0.29, 0.717) is 12.0 Å². The van der Waals surface area contributed by atoms with Crippen molar-refractivity contribution in [1.82, 2.24) is 0 Å². The Bertz CT molecular complexity index is 242. The van der Waals surface area contributed by atoms with Gasteiger partial charge in [0.25, 0.3) is 0 Å². The van der Waals surface area contributed by atoms with Gasteiger partial charge in [-0.25, -0.2) is 0 Å². The van der Waals surface area contributed by atoms with Gasteiger partial charge in [-0.05, 0) is 31.8 Å². The number of rotatable bonds is 3. The van der Waals surface area contributed by atoms with Gasteiger partial charge >= 0.3 is 0 Å². The summed E-state index contributed by atoms with van der Waals surface area (Å²) < 4.78 is 11.3. The number of aliphatic hydroxyl groups excluding tert-OH is 1. The first-order valence-electron chi connectivity index (χ1n) is 6.37. The second kappa shape index (κ2) is 5.69. The lowest BCUT2D eigenvalue weighted by Crippen LogP contribution is -2.25. The molecular weight excluding hydrogens is 204 g/mol. The Morgan fingerprint density at radius 1 is 1.38 bits per heavy atom. The van der Waals surface area contributed by atoms with Crippen LogP contribution in [0.15, 0.2) is 11.8 Å². The standard InChI is InChI=1S/C13H22O3/c1-10(14)11-2-4-12(5-3-11)16-13-6-8-15-9-7-13/h4,10-11,13-14H,2-3,5-9H2,1H3. The molecule has 0 saturated carbocycles. The highest BCUT2D eigenvalue weighted by atomic mass is 16.5. The molecule has 0 radical (unpaired) electrons. The van der Waals surface area contributed by atoms with E-state index in [4.69, 9.17) is 9.47 Å². The summed E-state index contributed by atoms with van der Waals surface area (Å²) in [5, 5.41) is 9.50. The van der Waals surface area contributed by atoms with Crippen LogP contribution in [0.4, 0.5) is 0 Å². The lowest BCUT2D eigenvalue weighted by molar-refractivity contribution is -0.00950. The molecule has 0 bridgehead atoms. The molecule has 0 aromatic heterocycles. The van der Waals surface area contributed by atoms with Crippen molar-refractivity contribution in [3.63, 3.8) is 0 Å². The third-order valence-electron chi connectivity index (χ3n) is 3.58. The van der Waals surface area contributed by atoms with Crippen molar-refractivity contribution in [2.24, 2.45) is 5.92 Å². The summed E-state index contributed by atoms with van der Waals surface area (Å²) in [5.74, 6) is 1.55. The lowest BCUT2D eigenvalue weighted by Gasteiger charge is -2.29. The lowest BCUT2D eigenvalue weighted by atomic mass is 9.89. The molecule has 16 heavy (non-hydrogen) atoms. The van der Waals surface area contributed by atoms with Crippen molar-refractivity contribution in [3.05, 3.63) is 11.8 Å². The first-order chi connectivity index (χ1) is 7.75. The molecule has 2 unspecified atom stereocenters. The first-order valence-corrected chi connectivity index (χ1v) is 6.37. The van der Waals surface area contributed by atoms with Gasteiger partial charge in [-0.2, -0.15) is 0 Å². The van der Waals surface area contributed by atoms with Gasteiger partial charge in [0.05, 0.1) is 25.1 Å². The van der Waals surface area contributed by atoms with E-state index >= 15 is 0 Å². The van der Waals surface area contributed by atoms with Crippen LogP contribution in [0.1, 0.15) is 39.0 Å². The summed E-state index contributed by atoms with van der Waals surface area (Å²) in [4.78, 5) is 0. The highest BCUT2D eigenvalue weighted by Crippen LogP contribution is 2.28. The Morgan fingerprint density at radius 3 is 2.69 bits per heavy atom. The number of ether oxygens (including phenoxy) is 2. The SMILES string of the molecule is CC(O)C1CC=C(OC2CCOCC2)CC1. The van der Waals surface area contributed by atoms with Crippen LogP contribution < -0.4 is 0 Å². The smallest absolute Gasteiger partial charge is 0.103 e. The fraction of sp³-hybridized carbons (Fsp3) is 0.846. The molecule has 0 spiro atoms. The molecule has 2 rings (SSSR count). The molecule has 2 atom stereocenters. The highest BCUT2D eigenvalue weighted by molar-refractivity contribution is 5.00. The Kier molecular flexibility index (Phi) is 4.24.